The minimum absolute atomic E-state index is 0.0703. The van der Waals surface area contributed by atoms with Crippen molar-refractivity contribution in [1.29, 1.82) is 0 Å². The summed E-state index contributed by atoms with van der Waals surface area (Å²) in [6.45, 7) is 3.47. The van der Waals surface area contributed by atoms with E-state index in [0.29, 0.717) is 0 Å². The minimum Gasteiger partial charge on any atom is -0.475 e. The monoisotopic (exact) mass is 640 g/mol. The number of hydrogen-bond donors (Lipinski definition) is 4. The Morgan fingerprint density at radius 2 is 1.44 bits per heavy atom. The summed E-state index contributed by atoms with van der Waals surface area (Å²) in [7, 11) is 0. The Balaban J connectivity index is 0.000000363. The van der Waals surface area contributed by atoms with Gasteiger partial charge in [-0.15, -0.1) is 0 Å². The number of carboxylic acids is 3. The van der Waals surface area contributed by atoms with Crippen molar-refractivity contribution in [2.24, 2.45) is 5.92 Å². The smallest absolute Gasteiger partial charge is 0.475 e. The van der Waals surface area contributed by atoms with Gasteiger partial charge in [-0.3, -0.25) is 9.67 Å². The summed E-state index contributed by atoms with van der Waals surface area (Å²) < 4.78 is 103. The zero-order valence-electron chi connectivity index (χ0n) is 21.7. The highest BCUT2D eigenvalue weighted by molar-refractivity contribution is 5.73. The first-order valence-electron chi connectivity index (χ1n) is 11.9. The molecule has 20 heteroatoms. The second-order valence-corrected chi connectivity index (χ2v) is 8.72. The minimum atomic E-state index is -5.08. The maximum absolute atomic E-state index is 10.6. The number of ether oxygens (including phenoxy) is 1. The van der Waals surface area contributed by atoms with Crippen molar-refractivity contribution in [3.8, 4) is 0 Å². The highest BCUT2D eigenvalue weighted by Gasteiger charge is 2.39. The number of carbonyl (C=O) groups is 3. The fourth-order valence-corrected chi connectivity index (χ4v) is 3.00. The first-order chi connectivity index (χ1) is 19.7. The van der Waals surface area contributed by atoms with Crippen LogP contribution in [-0.4, -0.2) is 79.7 Å². The molecule has 1 fully saturated rings. The first-order valence-corrected chi connectivity index (χ1v) is 11.9. The lowest BCUT2D eigenvalue weighted by Gasteiger charge is -2.22. The normalized spacial score (nSPS) is 16.2. The van der Waals surface area contributed by atoms with Gasteiger partial charge in [0, 0.05) is 38.2 Å². The molecule has 0 bridgehead atoms. The lowest BCUT2D eigenvalue weighted by Crippen LogP contribution is -2.27. The number of aliphatic carboxylic acids is 3. The molecule has 242 valence electrons. The maximum Gasteiger partial charge on any atom is 0.490 e. The number of rotatable bonds is 6. The van der Waals surface area contributed by atoms with Crippen molar-refractivity contribution in [3.63, 3.8) is 0 Å². The molecule has 4 rings (SSSR count). The maximum atomic E-state index is 10.6. The van der Waals surface area contributed by atoms with Crippen molar-refractivity contribution < 1.29 is 74.0 Å². The molecular weight excluding hydrogens is 615 g/mol. The SMILES string of the molecule is O=C(O)C(F)(F)F.O=C(O)C(F)(F)F.O=C(O)C(F)(F)F.c1cncc(CNCC2OCCc3cn(CC4CC4)nc32)c1. The summed E-state index contributed by atoms with van der Waals surface area (Å²) in [6.07, 6.45) is -5.56. The molecule has 2 aliphatic rings. The van der Waals surface area contributed by atoms with Gasteiger partial charge >= 0.3 is 36.4 Å². The number of pyridine rings is 1. The standard InChI is InChI=1S/C17H22N4O.3C2HF3O2/c1-2-14(8-18-6-1)9-19-10-16-17-15(5-7-22-16)12-21(20-17)11-13-3-4-13;3*3-2(4,5)1(6)7/h1-2,6,8,12-13,16,19H,3-5,7,9-11H2;3*(H,6,7). The highest BCUT2D eigenvalue weighted by atomic mass is 19.4. The fraction of sp³-hybridized carbons (Fsp3) is 0.522. The lowest BCUT2D eigenvalue weighted by atomic mass is 10.1. The Kier molecular flexibility index (Phi) is 13.8. The number of aromatic nitrogens is 3. The molecule has 2 aromatic rings. The summed E-state index contributed by atoms with van der Waals surface area (Å²) in [4.78, 5) is 30.8. The van der Waals surface area contributed by atoms with Gasteiger partial charge in [0.1, 0.15) is 6.10 Å². The zero-order valence-corrected chi connectivity index (χ0v) is 21.7. The van der Waals surface area contributed by atoms with Crippen molar-refractivity contribution in [3.05, 3.63) is 47.5 Å². The molecule has 0 amide bonds. The Bertz CT molecular complexity index is 1130. The van der Waals surface area contributed by atoms with Crippen LogP contribution in [0.5, 0.6) is 0 Å². The van der Waals surface area contributed by atoms with Crippen molar-refractivity contribution in [1.82, 2.24) is 20.1 Å². The predicted octanol–water partition coefficient (Wildman–Crippen LogP) is 3.99. The summed E-state index contributed by atoms with van der Waals surface area (Å²) in [6, 6.07) is 4.04. The van der Waals surface area contributed by atoms with E-state index in [-0.39, 0.29) is 6.10 Å². The van der Waals surface area contributed by atoms with Crippen LogP contribution in [-0.2, 0) is 38.6 Å². The number of nitrogens with zero attached hydrogens (tertiary/aromatic N) is 3. The zero-order chi connectivity index (χ0) is 33.0. The molecule has 43 heavy (non-hydrogen) atoms. The summed E-state index contributed by atoms with van der Waals surface area (Å²) in [5.74, 6) is -7.42. The molecule has 4 N–H and O–H groups in total. The second-order valence-electron chi connectivity index (χ2n) is 8.72. The average Bonchev–Trinajstić information content (AvgIpc) is 3.60. The Morgan fingerprint density at radius 3 is 1.86 bits per heavy atom. The van der Waals surface area contributed by atoms with Crippen LogP contribution in [0.1, 0.15) is 35.8 Å². The van der Waals surface area contributed by atoms with Crippen LogP contribution in [0.2, 0.25) is 0 Å². The van der Waals surface area contributed by atoms with Crippen LogP contribution in [0.4, 0.5) is 39.5 Å². The van der Waals surface area contributed by atoms with Crippen molar-refractivity contribution in [2.75, 3.05) is 13.2 Å². The summed E-state index contributed by atoms with van der Waals surface area (Å²) in [5.41, 5.74) is 3.68. The molecule has 1 aliphatic carbocycles. The Labute approximate surface area is 236 Å². The van der Waals surface area contributed by atoms with Gasteiger partial charge in [0.15, 0.2) is 0 Å². The molecule has 2 aromatic heterocycles. The van der Waals surface area contributed by atoms with Gasteiger partial charge in [0.2, 0.25) is 0 Å². The molecular formula is C23H25F9N4O7. The number of carboxylic acid groups (broad SMARTS) is 3. The van der Waals surface area contributed by atoms with Crippen LogP contribution in [0, 0.1) is 5.92 Å². The third-order valence-electron chi connectivity index (χ3n) is 5.12. The topological polar surface area (TPSA) is 164 Å². The number of fused-ring (bicyclic) bond motifs is 1. The van der Waals surface area contributed by atoms with E-state index in [9.17, 15) is 39.5 Å². The quantitative estimate of drug-likeness (QED) is 0.340. The van der Waals surface area contributed by atoms with E-state index < -0.39 is 36.4 Å². The van der Waals surface area contributed by atoms with Crippen LogP contribution < -0.4 is 5.32 Å². The largest absolute Gasteiger partial charge is 0.490 e. The van der Waals surface area contributed by atoms with E-state index in [0.717, 1.165) is 44.3 Å². The van der Waals surface area contributed by atoms with E-state index >= 15 is 0 Å². The summed E-state index contributed by atoms with van der Waals surface area (Å²) >= 11 is 0. The third kappa shape index (κ3) is 15.2. The van der Waals surface area contributed by atoms with E-state index in [4.69, 9.17) is 39.5 Å². The van der Waals surface area contributed by atoms with Gasteiger partial charge in [-0.25, -0.2) is 14.4 Å². The molecule has 0 aromatic carbocycles. The molecule has 1 unspecified atom stereocenters. The van der Waals surface area contributed by atoms with E-state index in [1.165, 1.54) is 24.0 Å². The Hall–Kier alpha value is -3.94. The molecule has 0 radical (unpaired) electrons. The molecule has 1 saturated carbocycles. The van der Waals surface area contributed by atoms with Gasteiger partial charge in [-0.2, -0.15) is 44.6 Å². The van der Waals surface area contributed by atoms with Gasteiger partial charge in [0.25, 0.3) is 0 Å². The van der Waals surface area contributed by atoms with Gasteiger partial charge in [-0.05, 0) is 42.4 Å². The van der Waals surface area contributed by atoms with E-state index in [2.05, 4.69) is 27.2 Å². The molecule has 0 spiro atoms. The van der Waals surface area contributed by atoms with Gasteiger partial charge < -0.3 is 25.4 Å². The Morgan fingerprint density at radius 1 is 0.930 bits per heavy atom. The van der Waals surface area contributed by atoms with Crippen LogP contribution >= 0.6 is 0 Å². The van der Waals surface area contributed by atoms with Crippen LogP contribution in [0.15, 0.2) is 30.7 Å². The molecule has 0 saturated heterocycles. The molecule has 1 aliphatic heterocycles. The molecule has 1 atom stereocenters. The number of hydrogen-bond acceptors (Lipinski definition) is 7. The number of nitrogens with one attached hydrogen (secondary N) is 1. The van der Waals surface area contributed by atoms with Crippen molar-refractivity contribution >= 4 is 17.9 Å². The van der Waals surface area contributed by atoms with Gasteiger partial charge in [-0.1, -0.05) is 6.07 Å². The predicted molar refractivity (Wildman–Crippen MR) is 124 cm³/mol. The highest BCUT2D eigenvalue weighted by Crippen LogP contribution is 2.32. The number of alkyl halides is 9. The van der Waals surface area contributed by atoms with Gasteiger partial charge in [0.05, 0.1) is 12.3 Å². The molecule has 11 nitrogen and oxygen atoms in total. The lowest BCUT2D eigenvalue weighted by molar-refractivity contribution is -0.193. The fourth-order valence-electron chi connectivity index (χ4n) is 3.00. The molecule has 3 heterocycles. The van der Waals surface area contributed by atoms with Crippen molar-refractivity contribution in [2.45, 2.75) is 57.0 Å². The first kappa shape index (κ1) is 37.1. The van der Waals surface area contributed by atoms with E-state index in [1.807, 2.05) is 12.3 Å². The number of halogens is 9. The van der Waals surface area contributed by atoms with Crippen LogP contribution in [0.25, 0.3) is 0 Å². The summed E-state index contributed by atoms with van der Waals surface area (Å²) in [5, 5.41) is 29.6. The van der Waals surface area contributed by atoms with Crippen LogP contribution in [0.3, 0.4) is 0 Å². The third-order valence-corrected chi connectivity index (χ3v) is 5.12. The van der Waals surface area contributed by atoms with E-state index in [1.54, 1.807) is 6.20 Å². The second kappa shape index (κ2) is 16.1. The average molecular weight is 640 g/mol.